The van der Waals surface area contributed by atoms with Crippen LogP contribution in [0, 0.1) is 17.0 Å². The van der Waals surface area contributed by atoms with E-state index in [1.54, 1.807) is 19.1 Å². The number of nitro groups is 1. The second kappa shape index (κ2) is 5.61. The minimum absolute atomic E-state index is 0.168. The SMILES string of the molecule is CCC[n+]1cccc(-c2ccc([N+](=O)[O-])c(C)c2)c1. The van der Waals surface area contributed by atoms with E-state index in [4.69, 9.17) is 0 Å². The molecular weight excluding hydrogens is 240 g/mol. The summed E-state index contributed by atoms with van der Waals surface area (Å²) < 4.78 is 2.13. The van der Waals surface area contributed by atoms with Crippen molar-refractivity contribution in [3.8, 4) is 11.1 Å². The largest absolute Gasteiger partial charge is 0.272 e. The van der Waals surface area contributed by atoms with Crippen LogP contribution in [0.4, 0.5) is 5.69 Å². The normalized spacial score (nSPS) is 10.4. The summed E-state index contributed by atoms with van der Waals surface area (Å²) in [5.41, 5.74) is 2.94. The molecule has 0 fully saturated rings. The number of rotatable bonds is 4. The molecule has 19 heavy (non-hydrogen) atoms. The third-order valence-corrected chi connectivity index (χ3v) is 3.07. The van der Waals surface area contributed by atoms with Crippen molar-refractivity contribution in [2.24, 2.45) is 0 Å². The van der Waals surface area contributed by atoms with Crippen LogP contribution < -0.4 is 4.57 Å². The van der Waals surface area contributed by atoms with Crippen LogP contribution in [-0.2, 0) is 6.54 Å². The molecule has 2 rings (SSSR count). The van der Waals surface area contributed by atoms with E-state index in [1.165, 1.54) is 0 Å². The van der Waals surface area contributed by atoms with Crippen molar-refractivity contribution >= 4 is 5.69 Å². The van der Waals surface area contributed by atoms with Crippen LogP contribution in [0.5, 0.6) is 0 Å². The molecule has 0 radical (unpaired) electrons. The minimum Gasteiger partial charge on any atom is -0.258 e. The first-order chi connectivity index (χ1) is 9.11. The number of hydrogen-bond donors (Lipinski definition) is 0. The molecule has 1 heterocycles. The Morgan fingerprint density at radius 2 is 2.05 bits per heavy atom. The Morgan fingerprint density at radius 3 is 2.68 bits per heavy atom. The lowest BCUT2D eigenvalue weighted by Crippen LogP contribution is -2.32. The van der Waals surface area contributed by atoms with Gasteiger partial charge in [-0.05, 0) is 30.7 Å². The van der Waals surface area contributed by atoms with Gasteiger partial charge in [0.25, 0.3) is 5.69 Å². The van der Waals surface area contributed by atoms with Crippen molar-refractivity contribution in [1.29, 1.82) is 0 Å². The third-order valence-electron chi connectivity index (χ3n) is 3.07. The third kappa shape index (κ3) is 2.96. The second-order valence-corrected chi connectivity index (χ2v) is 4.59. The van der Waals surface area contributed by atoms with Gasteiger partial charge in [0.15, 0.2) is 12.4 Å². The van der Waals surface area contributed by atoms with E-state index in [0.717, 1.165) is 24.1 Å². The summed E-state index contributed by atoms with van der Waals surface area (Å²) in [7, 11) is 0. The van der Waals surface area contributed by atoms with Gasteiger partial charge in [0.1, 0.15) is 6.54 Å². The zero-order valence-corrected chi connectivity index (χ0v) is 11.2. The molecule has 98 valence electrons. The predicted octanol–water partition coefficient (Wildman–Crippen LogP) is 3.27. The zero-order chi connectivity index (χ0) is 13.8. The molecule has 1 aromatic heterocycles. The Kier molecular flexibility index (Phi) is 3.90. The smallest absolute Gasteiger partial charge is 0.258 e. The first-order valence-corrected chi connectivity index (χ1v) is 6.36. The molecular formula is C15H17N2O2+. The van der Waals surface area contributed by atoms with Gasteiger partial charge in [-0.15, -0.1) is 0 Å². The molecule has 1 aromatic carbocycles. The van der Waals surface area contributed by atoms with Crippen LogP contribution in [0.15, 0.2) is 42.7 Å². The molecule has 0 aliphatic carbocycles. The van der Waals surface area contributed by atoms with Gasteiger partial charge in [0, 0.05) is 29.7 Å². The first kappa shape index (κ1) is 13.2. The Hall–Kier alpha value is -2.23. The number of benzene rings is 1. The van der Waals surface area contributed by atoms with Gasteiger partial charge >= 0.3 is 0 Å². The van der Waals surface area contributed by atoms with Crippen molar-refractivity contribution in [3.63, 3.8) is 0 Å². The highest BCUT2D eigenvalue weighted by Gasteiger charge is 2.12. The van der Waals surface area contributed by atoms with Crippen LogP contribution in [0.25, 0.3) is 11.1 Å². The average Bonchev–Trinajstić information content (AvgIpc) is 2.39. The number of aromatic nitrogens is 1. The molecule has 0 atom stereocenters. The Morgan fingerprint density at radius 1 is 1.26 bits per heavy atom. The van der Waals surface area contributed by atoms with Gasteiger partial charge < -0.3 is 0 Å². The molecule has 0 aliphatic heterocycles. The molecule has 0 spiro atoms. The fourth-order valence-electron chi connectivity index (χ4n) is 2.13. The van der Waals surface area contributed by atoms with Gasteiger partial charge in [-0.2, -0.15) is 0 Å². The predicted molar refractivity (Wildman–Crippen MR) is 73.8 cm³/mol. The Balaban J connectivity index is 2.39. The molecule has 0 amide bonds. The summed E-state index contributed by atoms with van der Waals surface area (Å²) in [5.74, 6) is 0. The summed E-state index contributed by atoms with van der Waals surface area (Å²) in [6.45, 7) is 4.88. The summed E-state index contributed by atoms with van der Waals surface area (Å²) in [4.78, 5) is 10.5. The van der Waals surface area contributed by atoms with E-state index < -0.39 is 0 Å². The standard InChI is InChI=1S/C15H17N2O2/c1-3-8-16-9-4-5-14(11-16)13-6-7-15(17(18)19)12(2)10-13/h4-7,9-11H,3,8H2,1-2H3/q+1. The van der Waals surface area contributed by atoms with E-state index in [0.29, 0.717) is 5.56 Å². The first-order valence-electron chi connectivity index (χ1n) is 6.36. The van der Waals surface area contributed by atoms with Crippen LogP contribution in [-0.4, -0.2) is 4.92 Å². The number of nitrogens with zero attached hydrogens (tertiary/aromatic N) is 2. The van der Waals surface area contributed by atoms with E-state index in [9.17, 15) is 10.1 Å². The Labute approximate surface area is 112 Å². The number of aryl methyl sites for hydroxylation is 2. The van der Waals surface area contributed by atoms with Crippen LogP contribution in [0.1, 0.15) is 18.9 Å². The maximum atomic E-state index is 10.8. The van der Waals surface area contributed by atoms with E-state index in [-0.39, 0.29) is 10.6 Å². The summed E-state index contributed by atoms with van der Waals surface area (Å²) in [5, 5.41) is 10.8. The summed E-state index contributed by atoms with van der Waals surface area (Å²) in [6, 6.07) is 9.26. The van der Waals surface area contributed by atoms with Gasteiger partial charge in [0.05, 0.1) is 4.92 Å². The number of hydrogen-bond acceptors (Lipinski definition) is 2. The molecule has 4 heteroatoms. The van der Waals surface area contributed by atoms with Crippen molar-refractivity contribution in [2.45, 2.75) is 26.8 Å². The molecule has 0 N–H and O–H groups in total. The molecule has 0 bridgehead atoms. The minimum atomic E-state index is -0.346. The Bertz CT molecular complexity index is 609. The summed E-state index contributed by atoms with van der Waals surface area (Å²) in [6.07, 6.45) is 5.18. The number of pyridine rings is 1. The maximum Gasteiger partial charge on any atom is 0.272 e. The van der Waals surface area contributed by atoms with Gasteiger partial charge in [-0.25, -0.2) is 4.57 Å². The van der Waals surface area contributed by atoms with Crippen LogP contribution in [0.3, 0.4) is 0 Å². The van der Waals surface area contributed by atoms with Crippen molar-refractivity contribution in [3.05, 3.63) is 58.4 Å². The van der Waals surface area contributed by atoms with E-state index >= 15 is 0 Å². The summed E-state index contributed by atoms with van der Waals surface area (Å²) >= 11 is 0. The van der Waals surface area contributed by atoms with Crippen molar-refractivity contribution < 1.29 is 9.49 Å². The zero-order valence-electron chi connectivity index (χ0n) is 11.2. The monoisotopic (exact) mass is 257 g/mol. The average molecular weight is 257 g/mol. The lowest BCUT2D eigenvalue weighted by atomic mass is 10.0. The fourth-order valence-corrected chi connectivity index (χ4v) is 2.13. The fraction of sp³-hybridized carbons (Fsp3) is 0.267. The lowest BCUT2D eigenvalue weighted by Gasteiger charge is -2.03. The highest BCUT2D eigenvalue weighted by molar-refractivity contribution is 5.65. The van der Waals surface area contributed by atoms with Crippen LogP contribution >= 0.6 is 0 Å². The molecule has 0 aliphatic rings. The van der Waals surface area contributed by atoms with Crippen LogP contribution in [0.2, 0.25) is 0 Å². The number of nitro benzene ring substituents is 1. The quantitative estimate of drug-likeness (QED) is 0.479. The van der Waals surface area contributed by atoms with Crippen molar-refractivity contribution in [2.75, 3.05) is 0 Å². The molecule has 2 aromatic rings. The molecule has 0 saturated heterocycles. The molecule has 0 unspecified atom stereocenters. The highest BCUT2D eigenvalue weighted by Crippen LogP contribution is 2.25. The lowest BCUT2D eigenvalue weighted by molar-refractivity contribution is -0.696. The highest BCUT2D eigenvalue weighted by atomic mass is 16.6. The van der Waals surface area contributed by atoms with E-state index in [2.05, 4.69) is 17.7 Å². The van der Waals surface area contributed by atoms with Gasteiger partial charge in [0.2, 0.25) is 0 Å². The van der Waals surface area contributed by atoms with E-state index in [1.807, 2.05) is 24.4 Å². The van der Waals surface area contributed by atoms with Gasteiger partial charge in [-0.1, -0.05) is 6.92 Å². The van der Waals surface area contributed by atoms with Gasteiger partial charge in [-0.3, -0.25) is 10.1 Å². The molecule has 0 saturated carbocycles. The van der Waals surface area contributed by atoms with Crippen molar-refractivity contribution in [1.82, 2.24) is 0 Å². The molecule has 4 nitrogen and oxygen atoms in total. The maximum absolute atomic E-state index is 10.8. The topological polar surface area (TPSA) is 47.0 Å². The second-order valence-electron chi connectivity index (χ2n) is 4.59.